The Morgan fingerprint density at radius 3 is 2.62 bits per heavy atom. The van der Waals surface area contributed by atoms with E-state index in [9.17, 15) is 0 Å². The molecule has 21 heavy (non-hydrogen) atoms. The highest BCUT2D eigenvalue weighted by atomic mass is 32.2. The van der Waals surface area contributed by atoms with E-state index in [4.69, 9.17) is 0 Å². The summed E-state index contributed by atoms with van der Waals surface area (Å²) in [6.45, 7) is 4.02. The summed E-state index contributed by atoms with van der Waals surface area (Å²) in [6, 6.07) is 16.7. The van der Waals surface area contributed by atoms with E-state index in [1.807, 2.05) is 18.2 Å². The van der Waals surface area contributed by atoms with Crippen LogP contribution in [0.15, 0.2) is 64.8 Å². The number of aromatic nitrogens is 2. The minimum Gasteiger partial charge on any atom is -0.313 e. The van der Waals surface area contributed by atoms with Crippen molar-refractivity contribution in [2.24, 2.45) is 0 Å². The normalized spacial score (nSPS) is 10.9. The summed E-state index contributed by atoms with van der Waals surface area (Å²) < 4.78 is 0. The van der Waals surface area contributed by atoms with Crippen LogP contribution in [0, 0.1) is 0 Å². The zero-order valence-corrected chi connectivity index (χ0v) is 12.7. The summed E-state index contributed by atoms with van der Waals surface area (Å²) in [5, 5.41) is 5.43. The van der Waals surface area contributed by atoms with E-state index >= 15 is 0 Å². The van der Waals surface area contributed by atoms with E-state index in [1.165, 1.54) is 10.5 Å². The highest BCUT2D eigenvalue weighted by molar-refractivity contribution is 7.99. The van der Waals surface area contributed by atoms with Crippen LogP contribution in [0.4, 0.5) is 0 Å². The zero-order valence-electron chi connectivity index (χ0n) is 11.9. The van der Waals surface area contributed by atoms with Crippen molar-refractivity contribution < 1.29 is 0 Å². The molecular formula is C17H17N3S. The Bertz CT molecular complexity index is 720. The number of para-hydroxylation sites is 1. The molecule has 0 amide bonds. The first-order valence-corrected chi connectivity index (χ1v) is 7.85. The Hall–Kier alpha value is -1.91. The number of rotatable bonds is 5. The fraction of sp³-hybridized carbons (Fsp3) is 0.176. The number of hydrogen-bond donors (Lipinski definition) is 1. The fourth-order valence-corrected chi connectivity index (χ4v) is 3.00. The quantitative estimate of drug-likeness (QED) is 0.725. The predicted octanol–water partition coefficient (Wildman–Crippen LogP) is 3.89. The smallest absolute Gasteiger partial charge is 0.117 e. The van der Waals surface area contributed by atoms with Crippen molar-refractivity contribution in [1.82, 2.24) is 15.3 Å². The summed E-state index contributed by atoms with van der Waals surface area (Å²) in [4.78, 5) is 9.91. The zero-order chi connectivity index (χ0) is 14.5. The van der Waals surface area contributed by atoms with Crippen LogP contribution >= 0.6 is 11.8 Å². The minimum atomic E-state index is 0.915. The molecule has 1 N–H and O–H groups in total. The molecule has 2 aromatic carbocycles. The molecule has 3 nitrogen and oxygen atoms in total. The monoisotopic (exact) mass is 295 g/mol. The molecule has 0 saturated heterocycles. The van der Waals surface area contributed by atoms with Crippen LogP contribution < -0.4 is 5.32 Å². The predicted molar refractivity (Wildman–Crippen MR) is 87.5 cm³/mol. The molecule has 0 bridgehead atoms. The van der Waals surface area contributed by atoms with Crippen LogP contribution in [0.1, 0.15) is 12.5 Å². The van der Waals surface area contributed by atoms with Gasteiger partial charge in [0.05, 0.1) is 5.52 Å². The van der Waals surface area contributed by atoms with Gasteiger partial charge in [-0.25, -0.2) is 9.97 Å². The Labute approximate surface area is 128 Å². The maximum atomic E-state index is 4.41. The maximum absolute atomic E-state index is 4.41. The van der Waals surface area contributed by atoms with Gasteiger partial charge < -0.3 is 5.32 Å². The van der Waals surface area contributed by atoms with E-state index in [1.54, 1.807) is 18.1 Å². The standard InChI is InChI=1S/C17H17N3S/c1-2-18-11-13-7-9-14(10-8-13)21-17-15-5-3-4-6-16(15)19-12-20-17/h3-10,12,18H,2,11H2,1H3. The van der Waals surface area contributed by atoms with Gasteiger partial charge in [-0.3, -0.25) is 0 Å². The van der Waals surface area contributed by atoms with Gasteiger partial charge in [-0.15, -0.1) is 0 Å². The number of nitrogens with one attached hydrogen (secondary N) is 1. The second-order valence-corrected chi connectivity index (χ2v) is 5.78. The lowest BCUT2D eigenvalue weighted by molar-refractivity contribution is 0.726. The Morgan fingerprint density at radius 2 is 1.81 bits per heavy atom. The lowest BCUT2D eigenvalue weighted by Crippen LogP contribution is -2.11. The number of fused-ring (bicyclic) bond motifs is 1. The third-order valence-corrected chi connectivity index (χ3v) is 4.25. The van der Waals surface area contributed by atoms with E-state index in [2.05, 4.69) is 52.5 Å². The third-order valence-electron chi connectivity index (χ3n) is 3.22. The van der Waals surface area contributed by atoms with Crippen LogP contribution in [0.3, 0.4) is 0 Å². The van der Waals surface area contributed by atoms with Crippen molar-refractivity contribution >= 4 is 22.7 Å². The Morgan fingerprint density at radius 1 is 1.00 bits per heavy atom. The van der Waals surface area contributed by atoms with Crippen molar-refractivity contribution in [3.8, 4) is 0 Å². The van der Waals surface area contributed by atoms with Gasteiger partial charge in [0, 0.05) is 16.8 Å². The van der Waals surface area contributed by atoms with Gasteiger partial charge in [0.2, 0.25) is 0 Å². The van der Waals surface area contributed by atoms with Gasteiger partial charge in [-0.05, 0) is 30.3 Å². The van der Waals surface area contributed by atoms with E-state index in [-0.39, 0.29) is 0 Å². The topological polar surface area (TPSA) is 37.8 Å². The Balaban J connectivity index is 1.82. The first-order chi connectivity index (χ1) is 10.4. The van der Waals surface area contributed by atoms with Gasteiger partial charge in [-0.2, -0.15) is 0 Å². The molecule has 0 radical (unpaired) electrons. The van der Waals surface area contributed by atoms with Crippen molar-refractivity contribution in [3.63, 3.8) is 0 Å². The first-order valence-electron chi connectivity index (χ1n) is 7.04. The lowest BCUT2D eigenvalue weighted by Gasteiger charge is -2.06. The molecule has 0 fully saturated rings. The molecule has 0 atom stereocenters. The van der Waals surface area contributed by atoms with Gasteiger partial charge >= 0.3 is 0 Å². The fourth-order valence-electron chi connectivity index (χ4n) is 2.12. The Kier molecular flexibility index (Phi) is 4.48. The lowest BCUT2D eigenvalue weighted by atomic mass is 10.2. The van der Waals surface area contributed by atoms with Gasteiger partial charge in [0.1, 0.15) is 11.4 Å². The SMILES string of the molecule is CCNCc1ccc(Sc2ncnc3ccccc23)cc1. The summed E-state index contributed by atoms with van der Waals surface area (Å²) in [6.07, 6.45) is 1.63. The molecule has 1 aromatic heterocycles. The van der Waals surface area contributed by atoms with Crippen LogP contribution in [-0.2, 0) is 6.54 Å². The summed E-state index contributed by atoms with van der Waals surface area (Å²) in [5.74, 6) is 0. The molecule has 1 heterocycles. The van der Waals surface area contributed by atoms with E-state index in [0.717, 1.165) is 29.0 Å². The molecule has 0 aliphatic carbocycles. The molecule has 0 aliphatic rings. The third kappa shape index (κ3) is 3.40. The summed E-state index contributed by atoms with van der Waals surface area (Å²) >= 11 is 1.68. The molecule has 0 unspecified atom stereocenters. The molecule has 106 valence electrons. The highest BCUT2D eigenvalue weighted by Crippen LogP contribution is 2.30. The largest absolute Gasteiger partial charge is 0.313 e. The van der Waals surface area contributed by atoms with Crippen molar-refractivity contribution in [3.05, 3.63) is 60.4 Å². The van der Waals surface area contributed by atoms with Crippen molar-refractivity contribution in [2.45, 2.75) is 23.4 Å². The molecule has 0 saturated carbocycles. The van der Waals surface area contributed by atoms with E-state index < -0.39 is 0 Å². The highest BCUT2D eigenvalue weighted by Gasteiger charge is 2.05. The second-order valence-electron chi connectivity index (χ2n) is 4.72. The summed E-state index contributed by atoms with van der Waals surface area (Å²) in [7, 11) is 0. The van der Waals surface area contributed by atoms with Crippen LogP contribution in [0.25, 0.3) is 10.9 Å². The molecular weight excluding hydrogens is 278 g/mol. The number of nitrogens with zero attached hydrogens (tertiary/aromatic N) is 2. The average molecular weight is 295 g/mol. The van der Waals surface area contributed by atoms with Crippen LogP contribution in [-0.4, -0.2) is 16.5 Å². The van der Waals surface area contributed by atoms with Crippen LogP contribution in [0.5, 0.6) is 0 Å². The van der Waals surface area contributed by atoms with E-state index in [0.29, 0.717) is 0 Å². The molecule has 0 aliphatic heterocycles. The van der Waals surface area contributed by atoms with Crippen molar-refractivity contribution in [2.75, 3.05) is 6.54 Å². The minimum absolute atomic E-state index is 0.915. The maximum Gasteiger partial charge on any atom is 0.117 e. The van der Waals surface area contributed by atoms with Gasteiger partial charge in [0.15, 0.2) is 0 Å². The molecule has 3 aromatic rings. The molecule has 3 rings (SSSR count). The van der Waals surface area contributed by atoms with Crippen LogP contribution in [0.2, 0.25) is 0 Å². The molecule has 4 heteroatoms. The number of hydrogen-bond acceptors (Lipinski definition) is 4. The van der Waals surface area contributed by atoms with Gasteiger partial charge in [0.25, 0.3) is 0 Å². The first kappa shape index (κ1) is 14.0. The average Bonchev–Trinajstić information content (AvgIpc) is 2.55. The van der Waals surface area contributed by atoms with Crippen molar-refractivity contribution in [1.29, 1.82) is 0 Å². The number of benzene rings is 2. The van der Waals surface area contributed by atoms with Gasteiger partial charge in [-0.1, -0.05) is 49.0 Å². The summed E-state index contributed by atoms with van der Waals surface area (Å²) in [5.41, 5.74) is 2.28. The molecule has 0 spiro atoms. The second kappa shape index (κ2) is 6.70.